The molecule has 1 aromatic heterocycles. The second-order valence-electron chi connectivity index (χ2n) is 7.76. The van der Waals surface area contributed by atoms with E-state index in [4.69, 9.17) is 0 Å². The molecule has 2 atom stereocenters. The maximum absolute atomic E-state index is 12.8. The van der Waals surface area contributed by atoms with Crippen LogP contribution in [0.25, 0.3) is 0 Å². The summed E-state index contributed by atoms with van der Waals surface area (Å²) >= 11 is 0. The molecule has 3 rings (SSSR count). The zero-order valence-corrected chi connectivity index (χ0v) is 18.3. The van der Waals surface area contributed by atoms with E-state index in [1.807, 2.05) is 5.43 Å². The van der Waals surface area contributed by atoms with E-state index in [9.17, 15) is 37.5 Å². The number of hydrogen-bond donors (Lipinski definition) is 2. The van der Waals surface area contributed by atoms with E-state index < -0.39 is 37.2 Å². The number of carboxylic acids is 1. The van der Waals surface area contributed by atoms with Gasteiger partial charge in [-0.2, -0.15) is 13.2 Å². The molecule has 0 spiro atoms. The van der Waals surface area contributed by atoms with E-state index in [1.165, 1.54) is 46.5 Å². The summed E-state index contributed by atoms with van der Waals surface area (Å²) in [6.45, 7) is -1.41. The minimum Gasteiger partial charge on any atom is -0.481 e. The summed E-state index contributed by atoms with van der Waals surface area (Å²) < 4.78 is 37.6. The molecule has 0 bridgehead atoms. The Bertz CT molecular complexity index is 1070. The van der Waals surface area contributed by atoms with Crippen molar-refractivity contribution in [2.75, 3.05) is 23.0 Å². The Morgan fingerprint density at radius 1 is 1.26 bits per heavy atom. The number of hydrogen-bond acceptors (Lipinski definition) is 6. The zero-order valence-electron chi connectivity index (χ0n) is 18.3. The van der Waals surface area contributed by atoms with Crippen LogP contribution in [0, 0.1) is 0 Å². The van der Waals surface area contributed by atoms with Gasteiger partial charge >= 0.3 is 12.1 Å². The maximum Gasteiger partial charge on any atom is 0.402 e. The molecule has 0 aliphatic carbocycles. The quantitative estimate of drug-likeness (QED) is 0.362. The van der Waals surface area contributed by atoms with Crippen LogP contribution in [-0.2, 0) is 19.2 Å². The van der Waals surface area contributed by atoms with E-state index in [1.54, 1.807) is 12.1 Å². The molecule has 35 heavy (non-hydrogen) atoms. The summed E-state index contributed by atoms with van der Waals surface area (Å²) in [5.74, 6) is -1.51. The summed E-state index contributed by atoms with van der Waals surface area (Å²) in [6.07, 6.45) is -1.41. The average Bonchev–Trinajstić information content (AvgIpc) is 3.20. The van der Waals surface area contributed by atoms with Gasteiger partial charge in [0.05, 0.1) is 24.2 Å². The number of benzene rings is 1. The van der Waals surface area contributed by atoms with Crippen molar-refractivity contribution in [2.45, 2.75) is 31.1 Å². The molecule has 0 saturated carbocycles. The number of halogens is 3. The molecule has 1 aliphatic heterocycles. The molecule has 1 aliphatic rings. The van der Waals surface area contributed by atoms with Crippen LogP contribution in [-0.4, -0.2) is 65.0 Å². The van der Waals surface area contributed by atoms with E-state index in [2.05, 4.69) is 4.98 Å². The lowest BCUT2D eigenvalue weighted by Crippen LogP contribution is -2.42. The normalized spacial score (nSPS) is 16.6. The molecule has 2 aromatic rings. The lowest BCUT2D eigenvalue weighted by Gasteiger charge is -2.32. The first-order valence-electron chi connectivity index (χ1n) is 10.4. The van der Waals surface area contributed by atoms with Gasteiger partial charge in [-0.15, -0.1) is 0 Å². The maximum atomic E-state index is 12.8. The van der Waals surface area contributed by atoms with Crippen LogP contribution >= 0.6 is 0 Å². The molecule has 1 fully saturated rings. The van der Waals surface area contributed by atoms with E-state index in [-0.39, 0.29) is 31.0 Å². The molecule has 3 amide bonds. The average molecular weight is 493 g/mol. The predicted octanol–water partition coefficient (Wildman–Crippen LogP) is 1.89. The van der Waals surface area contributed by atoms with Gasteiger partial charge in [0.25, 0.3) is 0 Å². The van der Waals surface area contributed by atoms with Crippen molar-refractivity contribution in [3.63, 3.8) is 0 Å². The predicted molar refractivity (Wildman–Crippen MR) is 117 cm³/mol. The fourth-order valence-electron chi connectivity index (χ4n) is 3.86. The van der Waals surface area contributed by atoms with Gasteiger partial charge in [-0.05, 0) is 29.8 Å². The number of anilines is 2. The minimum absolute atomic E-state index is 0.0223. The number of rotatable bonds is 11. The van der Waals surface area contributed by atoms with Gasteiger partial charge in [-0.25, -0.2) is 10.4 Å². The number of nitrogens with one attached hydrogen (secondary N) is 1. The highest BCUT2D eigenvalue weighted by Gasteiger charge is 2.38. The molecule has 13 heteroatoms. The summed E-state index contributed by atoms with van der Waals surface area (Å²) in [4.78, 5) is 54.2. The summed E-state index contributed by atoms with van der Waals surface area (Å²) in [7, 11) is 0. The van der Waals surface area contributed by atoms with Crippen LogP contribution in [0.3, 0.4) is 0 Å². The van der Waals surface area contributed by atoms with Crippen molar-refractivity contribution >= 4 is 36.1 Å². The number of aliphatic carboxylic acids is 1. The Balaban J connectivity index is 1.82. The fourth-order valence-corrected chi connectivity index (χ4v) is 3.86. The van der Waals surface area contributed by atoms with Gasteiger partial charge < -0.3 is 14.9 Å². The molecule has 0 radical (unpaired) electrons. The van der Waals surface area contributed by atoms with E-state index in [0.717, 1.165) is 0 Å². The van der Waals surface area contributed by atoms with Crippen LogP contribution in [0.15, 0.2) is 48.8 Å². The molecule has 2 unspecified atom stereocenters. The highest BCUT2D eigenvalue weighted by atomic mass is 19.4. The molecule has 2 heterocycles. The molecular formula is C22H22F3N5O5. The Kier molecular flexibility index (Phi) is 8.02. The Morgan fingerprint density at radius 2 is 2.03 bits per heavy atom. The van der Waals surface area contributed by atoms with Gasteiger partial charge in [0.2, 0.25) is 18.7 Å². The van der Waals surface area contributed by atoms with E-state index in [0.29, 0.717) is 22.7 Å². The summed E-state index contributed by atoms with van der Waals surface area (Å²) in [6, 6.07) is 7.47. The number of carbonyl (C=O) groups is 4. The van der Waals surface area contributed by atoms with Crippen molar-refractivity contribution in [3.05, 3.63) is 54.4 Å². The van der Waals surface area contributed by atoms with Gasteiger partial charge in [-0.3, -0.25) is 24.2 Å². The highest BCUT2D eigenvalue weighted by molar-refractivity contribution is 5.97. The minimum atomic E-state index is -4.55. The second kappa shape index (κ2) is 11.0. The fraction of sp³-hybridized carbons (Fsp3) is 0.318. The SMILES string of the molecule is O=CN(NCC(F)(F)F)c1cccc(N2CC(N(C=O)C(CC(=O)O)c3cccnc3)CC2=O)c1. The lowest BCUT2D eigenvalue weighted by molar-refractivity contribution is -0.139. The zero-order chi connectivity index (χ0) is 25.6. The molecular weight excluding hydrogens is 471 g/mol. The standard InChI is InChI=1S/C22H22F3N5O5/c23-22(24,25)12-27-30(14-32)17-5-1-4-16(7-17)28-11-18(8-20(28)33)29(13-31)19(9-21(34)35)15-3-2-6-26-10-15/h1-7,10,13-14,18-19,27H,8-9,11-12H2,(H,34,35). The number of carbonyl (C=O) groups excluding carboxylic acids is 3. The number of aromatic nitrogens is 1. The van der Waals surface area contributed by atoms with Crippen molar-refractivity contribution in [1.82, 2.24) is 15.3 Å². The number of amides is 3. The smallest absolute Gasteiger partial charge is 0.402 e. The first kappa shape index (κ1) is 25.6. The molecule has 1 saturated heterocycles. The topological polar surface area (TPSA) is 123 Å². The second-order valence-corrected chi connectivity index (χ2v) is 7.76. The van der Waals surface area contributed by atoms with Crippen LogP contribution in [0.1, 0.15) is 24.4 Å². The molecule has 186 valence electrons. The van der Waals surface area contributed by atoms with Crippen molar-refractivity contribution < 1.29 is 37.5 Å². The largest absolute Gasteiger partial charge is 0.481 e. The van der Waals surface area contributed by atoms with E-state index >= 15 is 0 Å². The summed E-state index contributed by atoms with van der Waals surface area (Å²) in [5.41, 5.74) is 2.83. The Labute approximate surface area is 197 Å². The first-order chi connectivity index (χ1) is 16.6. The van der Waals surface area contributed by atoms with Gasteiger partial charge in [0.1, 0.15) is 6.54 Å². The third-order valence-corrected chi connectivity index (χ3v) is 5.42. The van der Waals surface area contributed by atoms with Crippen LogP contribution in [0.4, 0.5) is 24.5 Å². The van der Waals surface area contributed by atoms with Gasteiger partial charge in [-0.1, -0.05) is 12.1 Å². The van der Waals surface area contributed by atoms with Crippen molar-refractivity contribution in [1.29, 1.82) is 0 Å². The molecule has 10 nitrogen and oxygen atoms in total. The molecule has 2 N–H and O–H groups in total. The summed E-state index contributed by atoms with van der Waals surface area (Å²) in [5, 5.41) is 10.0. The number of nitrogens with zero attached hydrogens (tertiary/aromatic N) is 4. The van der Waals surface area contributed by atoms with Crippen LogP contribution in [0.2, 0.25) is 0 Å². The van der Waals surface area contributed by atoms with Crippen molar-refractivity contribution in [3.8, 4) is 0 Å². The third kappa shape index (κ3) is 6.53. The van der Waals surface area contributed by atoms with Crippen LogP contribution in [0.5, 0.6) is 0 Å². The number of alkyl halides is 3. The lowest BCUT2D eigenvalue weighted by atomic mass is 10.0. The molecule has 1 aromatic carbocycles. The van der Waals surface area contributed by atoms with Gasteiger partial charge in [0.15, 0.2) is 0 Å². The van der Waals surface area contributed by atoms with Gasteiger partial charge in [0, 0.05) is 31.0 Å². The monoisotopic (exact) mass is 493 g/mol. The Morgan fingerprint density at radius 3 is 2.63 bits per heavy atom. The third-order valence-electron chi connectivity index (χ3n) is 5.42. The number of carboxylic acid groups (broad SMARTS) is 1. The van der Waals surface area contributed by atoms with Crippen LogP contribution < -0.4 is 15.3 Å². The van der Waals surface area contributed by atoms with Crippen molar-refractivity contribution in [2.24, 2.45) is 0 Å². The highest BCUT2D eigenvalue weighted by Crippen LogP contribution is 2.32. The first-order valence-corrected chi connectivity index (χ1v) is 10.4. The number of pyridine rings is 1. The number of hydrazine groups is 1. The Hall–Kier alpha value is -4.00.